The summed E-state index contributed by atoms with van der Waals surface area (Å²) in [5, 5.41) is 3.24. The van der Waals surface area contributed by atoms with Gasteiger partial charge in [-0.2, -0.15) is 0 Å². The summed E-state index contributed by atoms with van der Waals surface area (Å²) in [6.07, 6.45) is 0.137. The van der Waals surface area contributed by atoms with Crippen molar-refractivity contribution in [2.24, 2.45) is 0 Å². The Morgan fingerprint density at radius 2 is 2.31 bits per heavy atom. The molecule has 0 saturated heterocycles. The smallest absolute Gasteiger partial charge is 0.317 e. The summed E-state index contributed by atoms with van der Waals surface area (Å²) < 4.78 is 5.75. The van der Waals surface area contributed by atoms with E-state index in [1.165, 1.54) is 17.2 Å². The van der Waals surface area contributed by atoms with E-state index in [0.717, 1.165) is 5.56 Å². The van der Waals surface area contributed by atoms with Gasteiger partial charge in [-0.05, 0) is 35.0 Å². The van der Waals surface area contributed by atoms with Crippen molar-refractivity contribution in [3.63, 3.8) is 0 Å². The lowest BCUT2D eigenvalue weighted by Crippen LogP contribution is -1.96. The van der Waals surface area contributed by atoms with Gasteiger partial charge in [0.1, 0.15) is 6.42 Å². The van der Waals surface area contributed by atoms with Crippen LogP contribution in [0.15, 0.2) is 29.6 Å². The Hall–Kier alpha value is -1.79. The van der Waals surface area contributed by atoms with Gasteiger partial charge in [-0.25, -0.2) is 0 Å². The molecule has 0 radical (unpaired) electrons. The fraction of sp³-hybridized carbons (Fsp3) is 0.154. The van der Waals surface area contributed by atoms with Gasteiger partial charge < -0.3 is 4.74 Å². The zero-order chi connectivity index (χ0) is 11.4. The summed E-state index contributed by atoms with van der Waals surface area (Å²) in [5.41, 5.74) is 0.926. The molecule has 0 spiro atoms. The highest BCUT2D eigenvalue weighted by Gasteiger charge is 1.96. The quantitative estimate of drug-likeness (QED) is 0.556. The van der Waals surface area contributed by atoms with Crippen molar-refractivity contribution < 1.29 is 9.53 Å². The van der Waals surface area contributed by atoms with Crippen molar-refractivity contribution in [1.29, 1.82) is 0 Å². The summed E-state index contributed by atoms with van der Waals surface area (Å²) in [6.45, 7) is 0. The molecule has 0 N–H and O–H groups in total. The Labute approximate surface area is 97.9 Å². The number of thiophene rings is 1. The first-order chi connectivity index (χ1) is 7.79. The average Bonchev–Trinajstić information content (AvgIpc) is 2.76. The monoisotopic (exact) mass is 230 g/mol. The molecular formula is C13H10O2S. The molecule has 1 aromatic carbocycles. The van der Waals surface area contributed by atoms with E-state index in [1.807, 2.05) is 18.2 Å². The molecule has 2 nitrogen and oxygen atoms in total. The fourth-order valence-electron chi connectivity index (χ4n) is 1.34. The van der Waals surface area contributed by atoms with E-state index in [9.17, 15) is 4.79 Å². The average molecular weight is 230 g/mol. The Bertz CT molecular complexity index is 572. The number of hydrogen-bond acceptors (Lipinski definition) is 3. The first-order valence-corrected chi connectivity index (χ1v) is 5.70. The predicted octanol–water partition coefficient (Wildman–Crippen LogP) is 2.82. The molecule has 0 aliphatic heterocycles. The van der Waals surface area contributed by atoms with Gasteiger partial charge in [-0.1, -0.05) is 11.8 Å². The summed E-state index contributed by atoms with van der Waals surface area (Å²) in [7, 11) is 1.36. The lowest BCUT2D eigenvalue weighted by Gasteiger charge is -1.92. The lowest BCUT2D eigenvalue weighted by molar-refractivity contribution is -0.139. The normalized spacial score (nSPS) is 9.56. The summed E-state index contributed by atoms with van der Waals surface area (Å²) >= 11 is 1.71. The van der Waals surface area contributed by atoms with E-state index >= 15 is 0 Å². The number of esters is 1. The number of methoxy groups -OCH3 is 1. The minimum absolute atomic E-state index is 0.137. The van der Waals surface area contributed by atoms with Crippen LogP contribution >= 0.6 is 11.3 Å². The van der Waals surface area contributed by atoms with Crippen molar-refractivity contribution in [1.82, 2.24) is 0 Å². The van der Waals surface area contributed by atoms with Crippen molar-refractivity contribution in [3.05, 3.63) is 35.2 Å². The van der Waals surface area contributed by atoms with Gasteiger partial charge >= 0.3 is 5.97 Å². The second-order valence-corrected chi connectivity index (χ2v) is 4.18. The van der Waals surface area contributed by atoms with E-state index in [2.05, 4.69) is 28.0 Å². The number of hydrogen-bond donors (Lipinski definition) is 0. The Morgan fingerprint density at radius 1 is 1.44 bits per heavy atom. The highest BCUT2D eigenvalue weighted by Crippen LogP contribution is 2.21. The van der Waals surface area contributed by atoms with E-state index in [-0.39, 0.29) is 12.4 Å². The highest BCUT2D eigenvalue weighted by atomic mass is 32.1. The molecule has 2 aromatic rings. The van der Waals surface area contributed by atoms with Crippen LogP contribution in [-0.4, -0.2) is 13.1 Å². The standard InChI is InChI=1S/C13H10O2S/c1-15-13(14)4-2-3-10-5-6-12-11(9-10)7-8-16-12/h5-9H,4H2,1H3. The van der Waals surface area contributed by atoms with Gasteiger partial charge in [0.15, 0.2) is 0 Å². The molecule has 0 saturated carbocycles. The van der Waals surface area contributed by atoms with Gasteiger partial charge in [0.25, 0.3) is 0 Å². The molecule has 3 heteroatoms. The molecule has 0 unspecified atom stereocenters. The maximum Gasteiger partial charge on any atom is 0.317 e. The van der Waals surface area contributed by atoms with Crippen LogP contribution in [0.5, 0.6) is 0 Å². The molecule has 16 heavy (non-hydrogen) atoms. The Morgan fingerprint density at radius 3 is 3.12 bits per heavy atom. The number of rotatable bonds is 1. The first kappa shape index (κ1) is 10.7. The topological polar surface area (TPSA) is 26.3 Å². The number of carbonyl (C=O) groups is 1. The Balaban J connectivity index is 2.17. The van der Waals surface area contributed by atoms with Gasteiger partial charge in [-0.3, -0.25) is 4.79 Å². The molecule has 0 aliphatic carbocycles. The van der Waals surface area contributed by atoms with E-state index < -0.39 is 0 Å². The van der Waals surface area contributed by atoms with Crippen LogP contribution in [0.3, 0.4) is 0 Å². The van der Waals surface area contributed by atoms with E-state index in [4.69, 9.17) is 0 Å². The molecular weight excluding hydrogens is 220 g/mol. The number of fused-ring (bicyclic) bond motifs is 1. The van der Waals surface area contributed by atoms with Crippen molar-refractivity contribution >= 4 is 27.4 Å². The fourth-order valence-corrected chi connectivity index (χ4v) is 2.11. The molecule has 80 valence electrons. The largest absolute Gasteiger partial charge is 0.468 e. The molecule has 0 atom stereocenters. The summed E-state index contributed by atoms with van der Waals surface area (Å²) in [4.78, 5) is 10.9. The number of ether oxygens (including phenoxy) is 1. The highest BCUT2D eigenvalue weighted by molar-refractivity contribution is 7.17. The number of benzene rings is 1. The van der Waals surface area contributed by atoms with Crippen molar-refractivity contribution in [3.8, 4) is 11.8 Å². The van der Waals surface area contributed by atoms with E-state index in [0.29, 0.717) is 0 Å². The van der Waals surface area contributed by atoms with Crippen molar-refractivity contribution in [2.45, 2.75) is 6.42 Å². The molecule has 1 heterocycles. The summed E-state index contributed by atoms with van der Waals surface area (Å²) in [5.74, 6) is 5.43. The summed E-state index contributed by atoms with van der Waals surface area (Å²) in [6, 6.07) is 8.09. The molecule has 0 bridgehead atoms. The first-order valence-electron chi connectivity index (χ1n) is 4.82. The van der Waals surface area contributed by atoms with Crippen LogP contribution in [0.4, 0.5) is 0 Å². The zero-order valence-electron chi connectivity index (χ0n) is 8.82. The zero-order valence-corrected chi connectivity index (χ0v) is 9.64. The third-order valence-electron chi connectivity index (χ3n) is 2.15. The van der Waals surface area contributed by atoms with Gasteiger partial charge in [0.05, 0.1) is 7.11 Å². The van der Waals surface area contributed by atoms with Crippen LogP contribution < -0.4 is 0 Å². The lowest BCUT2D eigenvalue weighted by atomic mass is 10.2. The number of carbonyl (C=O) groups excluding carboxylic acids is 1. The third-order valence-corrected chi connectivity index (χ3v) is 3.04. The SMILES string of the molecule is COC(=O)CC#Cc1ccc2sccc2c1. The minimum atomic E-state index is -0.302. The van der Waals surface area contributed by atoms with Crippen LogP contribution in [0, 0.1) is 11.8 Å². The predicted molar refractivity (Wildman–Crippen MR) is 65.3 cm³/mol. The van der Waals surface area contributed by atoms with Crippen LogP contribution in [-0.2, 0) is 9.53 Å². The maximum atomic E-state index is 10.9. The van der Waals surface area contributed by atoms with Crippen LogP contribution in [0.25, 0.3) is 10.1 Å². The van der Waals surface area contributed by atoms with Crippen LogP contribution in [0.2, 0.25) is 0 Å². The van der Waals surface area contributed by atoms with E-state index in [1.54, 1.807) is 11.3 Å². The minimum Gasteiger partial charge on any atom is -0.468 e. The van der Waals surface area contributed by atoms with Gasteiger partial charge in [0, 0.05) is 10.3 Å². The van der Waals surface area contributed by atoms with Gasteiger partial charge in [0.2, 0.25) is 0 Å². The molecule has 1 aromatic heterocycles. The van der Waals surface area contributed by atoms with Crippen molar-refractivity contribution in [2.75, 3.05) is 7.11 Å². The maximum absolute atomic E-state index is 10.9. The third kappa shape index (κ3) is 2.41. The second-order valence-electron chi connectivity index (χ2n) is 3.23. The molecule has 0 fully saturated rings. The van der Waals surface area contributed by atoms with Crippen LogP contribution in [0.1, 0.15) is 12.0 Å². The Kier molecular flexibility index (Phi) is 3.23. The second kappa shape index (κ2) is 4.82. The molecule has 0 amide bonds. The van der Waals surface area contributed by atoms with Gasteiger partial charge in [-0.15, -0.1) is 11.3 Å². The molecule has 0 aliphatic rings. The molecule has 2 rings (SSSR count).